The minimum atomic E-state index is 0.133. The average Bonchev–Trinajstić information content (AvgIpc) is 2.38. The van der Waals surface area contributed by atoms with Gasteiger partial charge in [-0.3, -0.25) is 0 Å². The number of rotatable bonds is 8. The van der Waals surface area contributed by atoms with Gasteiger partial charge < -0.3 is 15.2 Å². The van der Waals surface area contributed by atoms with Crippen molar-refractivity contribution in [3.8, 4) is 5.75 Å². The Morgan fingerprint density at radius 1 is 1.29 bits per heavy atom. The Morgan fingerprint density at radius 2 is 2.06 bits per heavy atom. The fraction of sp³-hybridized carbons (Fsp3) is 0.571. The normalized spacial score (nSPS) is 12.4. The summed E-state index contributed by atoms with van der Waals surface area (Å²) in [7, 11) is 0. The minimum Gasteiger partial charge on any atom is -0.493 e. The summed E-state index contributed by atoms with van der Waals surface area (Å²) in [4.78, 5) is 0. The van der Waals surface area contributed by atoms with E-state index in [2.05, 4.69) is 18.3 Å². The Balaban J connectivity index is 2.39. The van der Waals surface area contributed by atoms with Crippen LogP contribution < -0.4 is 10.1 Å². The zero-order chi connectivity index (χ0) is 12.5. The van der Waals surface area contributed by atoms with Gasteiger partial charge in [-0.15, -0.1) is 0 Å². The van der Waals surface area contributed by atoms with Gasteiger partial charge in [-0.2, -0.15) is 0 Å². The van der Waals surface area contributed by atoms with Crippen LogP contribution in [-0.4, -0.2) is 30.9 Å². The van der Waals surface area contributed by atoms with Crippen LogP contribution in [0.25, 0.3) is 0 Å². The van der Waals surface area contributed by atoms with E-state index in [0.29, 0.717) is 6.61 Å². The first kappa shape index (κ1) is 14.0. The van der Waals surface area contributed by atoms with Crippen LogP contribution in [0.2, 0.25) is 0 Å². The number of benzene rings is 1. The first-order valence-electron chi connectivity index (χ1n) is 6.36. The molecule has 0 aliphatic carbocycles. The molecule has 0 aromatic heterocycles. The molecule has 0 fully saturated rings. The Bertz CT molecular complexity index is 315. The molecule has 0 aliphatic rings. The van der Waals surface area contributed by atoms with Gasteiger partial charge in [0.15, 0.2) is 0 Å². The monoisotopic (exact) mass is 237 g/mol. The lowest BCUT2D eigenvalue weighted by Crippen LogP contribution is -2.33. The summed E-state index contributed by atoms with van der Waals surface area (Å²) in [5.74, 6) is 0.961. The Labute approximate surface area is 104 Å². The van der Waals surface area contributed by atoms with E-state index in [1.807, 2.05) is 25.1 Å². The van der Waals surface area contributed by atoms with Crippen LogP contribution in [0.1, 0.15) is 25.8 Å². The molecule has 1 aromatic carbocycles. The van der Waals surface area contributed by atoms with Gasteiger partial charge in [0, 0.05) is 6.04 Å². The molecule has 0 aliphatic heterocycles. The van der Waals surface area contributed by atoms with Crippen LogP contribution in [0.5, 0.6) is 5.75 Å². The maximum Gasteiger partial charge on any atom is 0.122 e. The molecule has 17 heavy (non-hydrogen) atoms. The molecule has 3 heteroatoms. The quantitative estimate of drug-likeness (QED) is 0.726. The highest BCUT2D eigenvalue weighted by Gasteiger charge is 2.06. The molecule has 1 aromatic rings. The van der Waals surface area contributed by atoms with Gasteiger partial charge in [-0.05, 0) is 31.0 Å². The Hall–Kier alpha value is -1.06. The van der Waals surface area contributed by atoms with E-state index in [-0.39, 0.29) is 12.6 Å². The van der Waals surface area contributed by atoms with Crippen molar-refractivity contribution in [3.63, 3.8) is 0 Å². The molecule has 0 bridgehead atoms. The van der Waals surface area contributed by atoms with E-state index in [4.69, 9.17) is 9.84 Å². The van der Waals surface area contributed by atoms with Gasteiger partial charge in [0.25, 0.3) is 0 Å². The predicted octanol–water partition coefficient (Wildman–Crippen LogP) is 1.99. The number of aliphatic hydroxyl groups excluding tert-OH is 1. The van der Waals surface area contributed by atoms with Gasteiger partial charge in [-0.25, -0.2) is 0 Å². The topological polar surface area (TPSA) is 41.5 Å². The van der Waals surface area contributed by atoms with Crippen molar-refractivity contribution in [3.05, 3.63) is 29.8 Å². The number of aryl methyl sites for hydroxylation is 1. The molecule has 0 saturated heterocycles. The van der Waals surface area contributed by atoms with Crippen LogP contribution in [0.4, 0.5) is 0 Å². The first-order chi connectivity index (χ1) is 8.31. The standard InChI is InChI=1S/C14H23NO2/c1-3-12-7-5-6-8-14(12)17-10-9-13(11-16)15-4-2/h5-8,13,15-16H,3-4,9-11H2,1-2H3. The van der Waals surface area contributed by atoms with E-state index in [1.54, 1.807) is 0 Å². The van der Waals surface area contributed by atoms with E-state index in [1.165, 1.54) is 5.56 Å². The molecule has 0 saturated carbocycles. The van der Waals surface area contributed by atoms with Crippen LogP contribution in [0, 0.1) is 0 Å². The predicted molar refractivity (Wildman–Crippen MR) is 70.5 cm³/mol. The summed E-state index contributed by atoms with van der Waals surface area (Å²) >= 11 is 0. The van der Waals surface area contributed by atoms with Crippen molar-refractivity contribution in [2.24, 2.45) is 0 Å². The highest BCUT2D eigenvalue weighted by atomic mass is 16.5. The van der Waals surface area contributed by atoms with Crippen molar-refractivity contribution in [2.75, 3.05) is 19.8 Å². The lowest BCUT2D eigenvalue weighted by atomic mass is 10.1. The Morgan fingerprint density at radius 3 is 2.71 bits per heavy atom. The third-order valence-corrected chi connectivity index (χ3v) is 2.79. The molecule has 0 spiro atoms. The van der Waals surface area contributed by atoms with Crippen LogP contribution in [-0.2, 0) is 6.42 Å². The number of hydrogen-bond acceptors (Lipinski definition) is 3. The summed E-state index contributed by atoms with van der Waals surface area (Å²) < 4.78 is 5.76. The molecule has 0 heterocycles. The third kappa shape index (κ3) is 4.75. The van der Waals surface area contributed by atoms with Crippen molar-refractivity contribution in [1.29, 1.82) is 0 Å². The molecule has 0 amide bonds. The smallest absolute Gasteiger partial charge is 0.122 e. The molecule has 1 rings (SSSR count). The van der Waals surface area contributed by atoms with Gasteiger partial charge >= 0.3 is 0 Å². The van der Waals surface area contributed by atoms with Gasteiger partial charge in [0.2, 0.25) is 0 Å². The number of ether oxygens (including phenoxy) is 1. The van der Waals surface area contributed by atoms with Crippen molar-refractivity contribution < 1.29 is 9.84 Å². The molecular formula is C14H23NO2. The largest absolute Gasteiger partial charge is 0.493 e. The molecule has 3 nitrogen and oxygen atoms in total. The number of para-hydroxylation sites is 1. The fourth-order valence-corrected chi connectivity index (χ4v) is 1.79. The summed E-state index contributed by atoms with van der Waals surface area (Å²) in [5, 5.41) is 12.4. The van der Waals surface area contributed by atoms with Gasteiger partial charge in [0.05, 0.1) is 13.2 Å². The van der Waals surface area contributed by atoms with E-state index in [0.717, 1.165) is 25.1 Å². The second kappa shape index (κ2) is 8.09. The number of aliphatic hydroxyl groups is 1. The van der Waals surface area contributed by atoms with Gasteiger partial charge in [0.1, 0.15) is 5.75 Å². The first-order valence-corrected chi connectivity index (χ1v) is 6.36. The third-order valence-electron chi connectivity index (χ3n) is 2.79. The molecular weight excluding hydrogens is 214 g/mol. The molecule has 1 unspecified atom stereocenters. The minimum absolute atomic E-state index is 0.133. The van der Waals surface area contributed by atoms with Crippen molar-refractivity contribution in [2.45, 2.75) is 32.7 Å². The number of nitrogens with one attached hydrogen (secondary N) is 1. The maximum absolute atomic E-state index is 9.14. The zero-order valence-electron chi connectivity index (χ0n) is 10.8. The van der Waals surface area contributed by atoms with E-state index < -0.39 is 0 Å². The van der Waals surface area contributed by atoms with Crippen LogP contribution in [0.3, 0.4) is 0 Å². The second-order valence-corrected chi connectivity index (χ2v) is 4.04. The van der Waals surface area contributed by atoms with E-state index in [9.17, 15) is 0 Å². The maximum atomic E-state index is 9.14. The highest BCUT2D eigenvalue weighted by Crippen LogP contribution is 2.18. The van der Waals surface area contributed by atoms with Crippen LogP contribution in [0.15, 0.2) is 24.3 Å². The summed E-state index contributed by atoms with van der Waals surface area (Å²) in [6.45, 7) is 5.83. The molecule has 96 valence electrons. The summed E-state index contributed by atoms with van der Waals surface area (Å²) in [6.07, 6.45) is 1.80. The SMILES string of the molecule is CCNC(CO)CCOc1ccccc1CC. The highest BCUT2D eigenvalue weighted by molar-refractivity contribution is 5.33. The molecule has 1 atom stereocenters. The lowest BCUT2D eigenvalue weighted by molar-refractivity contribution is 0.209. The number of hydrogen-bond donors (Lipinski definition) is 2. The van der Waals surface area contributed by atoms with Crippen molar-refractivity contribution >= 4 is 0 Å². The summed E-state index contributed by atoms with van der Waals surface area (Å²) in [5.41, 5.74) is 1.23. The fourth-order valence-electron chi connectivity index (χ4n) is 1.79. The van der Waals surface area contributed by atoms with Crippen LogP contribution >= 0.6 is 0 Å². The van der Waals surface area contributed by atoms with E-state index >= 15 is 0 Å². The summed E-state index contributed by atoms with van der Waals surface area (Å²) in [6, 6.07) is 8.24. The second-order valence-electron chi connectivity index (χ2n) is 4.04. The molecule has 0 radical (unpaired) electrons. The zero-order valence-corrected chi connectivity index (χ0v) is 10.8. The molecule has 2 N–H and O–H groups in total. The Kier molecular flexibility index (Phi) is 6.67. The van der Waals surface area contributed by atoms with Gasteiger partial charge in [-0.1, -0.05) is 32.0 Å². The number of likely N-dealkylation sites (N-methyl/N-ethyl adjacent to an activating group) is 1. The lowest BCUT2D eigenvalue weighted by Gasteiger charge is -2.16. The van der Waals surface area contributed by atoms with Crippen molar-refractivity contribution in [1.82, 2.24) is 5.32 Å². The average molecular weight is 237 g/mol.